The number of rotatable bonds is 1. The van der Waals surface area contributed by atoms with E-state index >= 15 is 0 Å². The van der Waals surface area contributed by atoms with E-state index in [0.717, 1.165) is 38.8 Å². The summed E-state index contributed by atoms with van der Waals surface area (Å²) in [5, 5.41) is 8.61. The Morgan fingerprint density at radius 3 is 2.32 bits per heavy atom. The number of fused-ring (bicyclic) bond motifs is 15. The first kappa shape index (κ1) is 21.5. The third kappa shape index (κ3) is 2.73. The van der Waals surface area contributed by atoms with E-state index in [2.05, 4.69) is 112 Å². The fourth-order valence-electron chi connectivity index (χ4n) is 6.80. The Labute approximate surface area is 237 Å². The van der Waals surface area contributed by atoms with Crippen molar-refractivity contribution in [2.24, 2.45) is 0 Å². The third-order valence-electron chi connectivity index (χ3n) is 8.52. The van der Waals surface area contributed by atoms with Crippen LogP contribution in [0, 0.1) is 0 Å². The van der Waals surface area contributed by atoms with Crippen LogP contribution in [0.15, 0.2) is 121 Å². The highest BCUT2D eigenvalue weighted by molar-refractivity contribution is 7.26. The summed E-state index contributed by atoms with van der Waals surface area (Å²) in [5.74, 6) is 0. The molecule has 5 heterocycles. The van der Waals surface area contributed by atoms with E-state index in [4.69, 9.17) is 9.97 Å². The second kappa shape index (κ2) is 7.68. The number of nitrogens with zero attached hydrogens (tertiary/aromatic N) is 4. The fourth-order valence-corrected chi connectivity index (χ4v) is 8.06. The van der Waals surface area contributed by atoms with Gasteiger partial charge in [0.15, 0.2) is 0 Å². The zero-order chi connectivity index (χ0) is 26.7. The predicted molar refractivity (Wildman–Crippen MR) is 173 cm³/mol. The summed E-state index contributed by atoms with van der Waals surface area (Å²) in [7, 11) is 0. The standard InChI is InChI=1S/C36H20N4S/c1-2-9-21(10-3-1)39-30-17-16-23-22-11-4-7-15-32(22)41-34(23)33(30)27-19-25-24-12-8-18-37-35(24)40-29-14-6-5-13-28(29)38-36(40)26(25)20-31(27)39/h1-20H. The second-order valence-electron chi connectivity index (χ2n) is 10.7. The number of aromatic nitrogens is 4. The monoisotopic (exact) mass is 540 g/mol. The van der Waals surface area contributed by atoms with Crippen molar-refractivity contribution in [3.63, 3.8) is 0 Å². The first-order valence-electron chi connectivity index (χ1n) is 13.8. The van der Waals surface area contributed by atoms with Crippen LogP contribution < -0.4 is 0 Å². The Morgan fingerprint density at radius 2 is 1.37 bits per heavy atom. The SMILES string of the molecule is c1ccc(-n2c3cc4c(cc3c3c5sc6ccccc6c5ccc32)c2cccnc2n2c3ccccc3nc42)cc1. The lowest BCUT2D eigenvalue weighted by molar-refractivity contribution is 1.18. The molecule has 0 aliphatic rings. The van der Waals surface area contributed by atoms with E-state index in [1.54, 1.807) is 0 Å². The molecule has 0 N–H and O–H groups in total. The van der Waals surface area contributed by atoms with Gasteiger partial charge < -0.3 is 4.57 Å². The molecule has 41 heavy (non-hydrogen) atoms. The van der Waals surface area contributed by atoms with Gasteiger partial charge in [-0.15, -0.1) is 11.3 Å². The van der Waals surface area contributed by atoms with Gasteiger partial charge in [-0.1, -0.05) is 54.6 Å². The van der Waals surface area contributed by atoms with Crippen molar-refractivity contribution in [1.29, 1.82) is 0 Å². The molecule has 10 rings (SSSR count). The highest BCUT2D eigenvalue weighted by atomic mass is 32.1. The van der Waals surface area contributed by atoms with Gasteiger partial charge in [0.2, 0.25) is 0 Å². The first-order chi connectivity index (χ1) is 20.3. The summed E-state index contributed by atoms with van der Waals surface area (Å²) in [6, 6.07) is 41.3. The maximum absolute atomic E-state index is 5.15. The van der Waals surface area contributed by atoms with Crippen LogP contribution >= 0.6 is 11.3 Å². The molecule has 0 radical (unpaired) electrons. The minimum absolute atomic E-state index is 0.932. The summed E-state index contributed by atoms with van der Waals surface area (Å²) in [4.78, 5) is 10.0. The third-order valence-corrected chi connectivity index (χ3v) is 9.72. The molecule has 0 atom stereocenters. The molecular formula is C36H20N4S. The quantitative estimate of drug-likeness (QED) is 0.194. The summed E-state index contributed by atoms with van der Waals surface area (Å²) in [6.45, 7) is 0. The number of hydrogen-bond acceptors (Lipinski definition) is 3. The minimum Gasteiger partial charge on any atom is -0.309 e. The van der Waals surface area contributed by atoms with Crippen LogP contribution in [0.5, 0.6) is 0 Å². The van der Waals surface area contributed by atoms with Gasteiger partial charge in [0.05, 0.1) is 22.1 Å². The molecule has 5 heteroatoms. The molecule has 0 aliphatic heterocycles. The zero-order valence-corrected chi connectivity index (χ0v) is 22.6. The van der Waals surface area contributed by atoms with Crippen molar-refractivity contribution in [3.05, 3.63) is 121 Å². The number of imidazole rings is 1. The van der Waals surface area contributed by atoms with E-state index < -0.39 is 0 Å². The van der Waals surface area contributed by atoms with Gasteiger partial charge >= 0.3 is 0 Å². The van der Waals surface area contributed by atoms with Gasteiger partial charge in [0, 0.05) is 53.6 Å². The number of para-hydroxylation sites is 3. The van der Waals surface area contributed by atoms with E-state index in [9.17, 15) is 0 Å². The molecule has 0 saturated carbocycles. The molecule has 4 nitrogen and oxygen atoms in total. The molecule has 0 bridgehead atoms. The highest BCUT2D eigenvalue weighted by Crippen LogP contribution is 2.45. The average Bonchev–Trinajstić information content (AvgIpc) is 3.70. The molecule has 10 aromatic rings. The largest absolute Gasteiger partial charge is 0.309 e. The van der Waals surface area contributed by atoms with Crippen LogP contribution in [0.4, 0.5) is 0 Å². The summed E-state index contributed by atoms with van der Waals surface area (Å²) >= 11 is 1.89. The molecule has 0 aliphatic carbocycles. The van der Waals surface area contributed by atoms with Gasteiger partial charge in [0.25, 0.3) is 0 Å². The van der Waals surface area contributed by atoms with Crippen LogP contribution in [0.2, 0.25) is 0 Å². The molecule has 0 saturated heterocycles. The summed E-state index contributed by atoms with van der Waals surface area (Å²) in [5.41, 5.74) is 7.46. The summed E-state index contributed by atoms with van der Waals surface area (Å²) in [6.07, 6.45) is 1.88. The lowest BCUT2D eigenvalue weighted by atomic mass is 10.0. The molecule has 0 fully saturated rings. The number of thiophene rings is 1. The van der Waals surface area contributed by atoms with Crippen LogP contribution in [-0.4, -0.2) is 18.9 Å². The Bertz CT molecular complexity index is 2690. The van der Waals surface area contributed by atoms with Crippen molar-refractivity contribution >= 4 is 91.8 Å². The predicted octanol–water partition coefficient (Wildman–Crippen LogP) is 9.65. The van der Waals surface area contributed by atoms with E-state index in [1.165, 1.54) is 47.4 Å². The lowest BCUT2D eigenvalue weighted by Crippen LogP contribution is -1.95. The molecule has 0 unspecified atom stereocenters. The molecule has 190 valence electrons. The minimum atomic E-state index is 0.932. The number of hydrogen-bond donors (Lipinski definition) is 0. The van der Waals surface area contributed by atoms with Crippen molar-refractivity contribution in [2.75, 3.05) is 0 Å². The topological polar surface area (TPSA) is 35.1 Å². The van der Waals surface area contributed by atoms with Crippen LogP contribution in [0.3, 0.4) is 0 Å². The van der Waals surface area contributed by atoms with Crippen LogP contribution in [-0.2, 0) is 0 Å². The Kier molecular flexibility index (Phi) is 4.04. The maximum atomic E-state index is 5.15. The van der Waals surface area contributed by atoms with Crippen LogP contribution in [0.1, 0.15) is 0 Å². The number of pyridine rings is 2. The van der Waals surface area contributed by atoms with Crippen molar-refractivity contribution < 1.29 is 0 Å². The van der Waals surface area contributed by atoms with E-state index in [-0.39, 0.29) is 0 Å². The molecule has 5 aromatic heterocycles. The van der Waals surface area contributed by atoms with Crippen molar-refractivity contribution in [1.82, 2.24) is 18.9 Å². The molecule has 0 spiro atoms. The lowest BCUT2D eigenvalue weighted by Gasteiger charge is -2.10. The molecular weight excluding hydrogens is 520 g/mol. The van der Waals surface area contributed by atoms with Gasteiger partial charge in [-0.3, -0.25) is 4.40 Å². The smallest absolute Gasteiger partial charge is 0.147 e. The summed E-state index contributed by atoms with van der Waals surface area (Å²) < 4.78 is 7.29. The van der Waals surface area contributed by atoms with Crippen molar-refractivity contribution in [2.45, 2.75) is 0 Å². The molecule has 0 amide bonds. The van der Waals surface area contributed by atoms with Gasteiger partial charge in [0.1, 0.15) is 11.3 Å². The van der Waals surface area contributed by atoms with Gasteiger partial charge in [-0.25, -0.2) is 9.97 Å². The molecule has 5 aromatic carbocycles. The number of benzene rings is 5. The average molecular weight is 541 g/mol. The fraction of sp³-hybridized carbons (Fsp3) is 0. The van der Waals surface area contributed by atoms with Crippen LogP contribution in [0.25, 0.3) is 86.2 Å². The zero-order valence-electron chi connectivity index (χ0n) is 21.7. The first-order valence-corrected chi connectivity index (χ1v) is 14.6. The Hall–Kier alpha value is -5.26. The van der Waals surface area contributed by atoms with E-state index in [1.807, 2.05) is 29.7 Å². The Balaban J connectivity index is 1.50. The van der Waals surface area contributed by atoms with Gasteiger partial charge in [-0.2, -0.15) is 0 Å². The second-order valence-corrected chi connectivity index (χ2v) is 11.7. The van der Waals surface area contributed by atoms with Crippen molar-refractivity contribution in [3.8, 4) is 5.69 Å². The van der Waals surface area contributed by atoms with Gasteiger partial charge in [-0.05, 0) is 66.0 Å². The maximum Gasteiger partial charge on any atom is 0.147 e. The van der Waals surface area contributed by atoms with E-state index in [0.29, 0.717) is 0 Å². The highest BCUT2D eigenvalue weighted by Gasteiger charge is 2.21. The normalized spacial score (nSPS) is 12.4. The Morgan fingerprint density at radius 1 is 0.537 bits per heavy atom.